The third-order valence-corrected chi connectivity index (χ3v) is 5.96. The van der Waals surface area contributed by atoms with Crippen LogP contribution >= 0.6 is 11.3 Å². The van der Waals surface area contributed by atoms with Crippen LogP contribution in [0.4, 0.5) is 0 Å². The summed E-state index contributed by atoms with van der Waals surface area (Å²) in [4.78, 5) is 4.85. The molecule has 2 aromatic rings. The molecule has 1 aromatic heterocycles. The van der Waals surface area contributed by atoms with Crippen LogP contribution in [0.15, 0.2) is 24.3 Å². The highest BCUT2D eigenvalue weighted by molar-refractivity contribution is 7.18. The van der Waals surface area contributed by atoms with Crippen molar-refractivity contribution in [3.05, 3.63) is 29.3 Å². The molecule has 3 nitrogen and oxygen atoms in total. The van der Waals surface area contributed by atoms with Gasteiger partial charge in [-0.25, -0.2) is 4.98 Å². The molecule has 0 amide bonds. The minimum Gasteiger partial charge on any atom is -0.377 e. The number of rotatable bonds is 5. The first-order valence-electron chi connectivity index (χ1n) is 7.91. The van der Waals surface area contributed by atoms with Crippen molar-refractivity contribution in [2.45, 2.75) is 31.8 Å². The predicted molar refractivity (Wildman–Crippen MR) is 86.8 cm³/mol. The van der Waals surface area contributed by atoms with E-state index in [1.807, 2.05) is 11.3 Å². The van der Waals surface area contributed by atoms with E-state index in [4.69, 9.17) is 9.72 Å². The zero-order valence-electron chi connectivity index (χ0n) is 12.5. The van der Waals surface area contributed by atoms with Crippen LogP contribution in [0.1, 0.15) is 24.3 Å². The van der Waals surface area contributed by atoms with Gasteiger partial charge < -0.3 is 10.1 Å². The van der Waals surface area contributed by atoms with Crippen LogP contribution in [0.5, 0.6) is 0 Å². The molecule has 1 saturated heterocycles. The average Bonchev–Trinajstić information content (AvgIpc) is 3.11. The molecular formula is C17H22N2OS. The lowest BCUT2D eigenvalue weighted by atomic mass is 9.76. The lowest BCUT2D eigenvalue weighted by Crippen LogP contribution is -2.42. The van der Waals surface area contributed by atoms with Gasteiger partial charge in [0.1, 0.15) is 0 Å². The fourth-order valence-corrected chi connectivity index (χ4v) is 4.95. The molecule has 21 heavy (non-hydrogen) atoms. The molecule has 1 saturated carbocycles. The van der Waals surface area contributed by atoms with Gasteiger partial charge in [-0.05, 0) is 44.4 Å². The van der Waals surface area contributed by atoms with E-state index in [1.54, 1.807) is 0 Å². The van der Waals surface area contributed by atoms with E-state index in [2.05, 4.69) is 36.6 Å². The molecule has 2 unspecified atom stereocenters. The van der Waals surface area contributed by atoms with E-state index in [1.165, 1.54) is 22.5 Å². The van der Waals surface area contributed by atoms with Crippen LogP contribution < -0.4 is 5.32 Å². The number of benzene rings is 1. The second kappa shape index (κ2) is 5.34. The highest BCUT2D eigenvalue weighted by Crippen LogP contribution is 2.49. The maximum absolute atomic E-state index is 6.13. The topological polar surface area (TPSA) is 34.2 Å². The van der Waals surface area contributed by atoms with Crippen molar-refractivity contribution < 1.29 is 4.74 Å². The number of hydrogen-bond acceptors (Lipinski definition) is 4. The van der Waals surface area contributed by atoms with Crippen molar-refractivity contribution in [3.8, 4) is 0 Å². The summed E-state index contributed by atoms with van der Waals surface area (Å²) in [7, 11) is 2.06. The van der Waals surface area contributed by atoms with Crippen molar-refractivity contribution in [1.29, 1.82) is 0 Å². The Labute approximate surface area is 129 Å². The molecule has 1 aliphatic heterocycles. The molecule has 1 aliphatic carbocycles. The number of nitrogens with zero attached hydrogens (tertiary/aromatic N) is 1. The van der Waals surface area contributed by atoms with Crippen LogP contribution in [0.3, 0.4) is 0 Å². The number of nitrogens with one attached hydrogen (secondary N) is 1. The summed E-state index contributed by atoms with van der Waals surface area (Å²) in [5.41, 5.74) is 1.38. The molecule has 0 spiro atoms. The van der Waals surface area contributed by atoms with E-state index >= 15 is 0 Å². The highest BCUT2D eigenvalue weighted by Gasteiger charge is 2.50. The van der Waals surface area contributed by atoms with E-state index in [0.29, 0.717) is 6.10 Å². The van der Waals surface area contributed by atoms with Gasteiger partial charge in [0.25, 0.3) is 0 Å². The Morgan fingerprint density at radius 1 is 1.38 bits per heavy atom. The predicted octanol–water partition coefficient (Wildman–Crippen LogP) is 3.24. The van der Waals surface area contributed by atoms with Crippen LogP contribution in [0.25, 0.3) is 10.2 Å². The SMILES string of the molecule is CNCC1(Cc2nc3ccccc3s2)CCOC1C1CC1. The molecule has 2 atom stereocenters. The molecule has 0 radical (unpaired) electrons. The molecular weight excluding hydrogens is 280 g/mol. The van der Waals surface area contributed by atoms with Crippen molar-refractivity contribution in [1.82, 2.24) is 10.3 Å². The number of aromatic nitrogens is 1. The third kappa shape index (κ3) is 2.50. The van der Waals surface area contributed by atoms with Gasteiger partial charge in [-0.1, -0.05) is 12.1 Å². The van der Waals surface area contributed by atoms with Gasteiger partial charge in [-0.3, -0.25) is 0 Å². The first-order chi connectivity index (χ1) is 10.3. The molecule has 112 valence electrons. The monoisotopic (exact) mass is 302 g/mol. The number of thiazole rings is 1. The molecule has 2 fully saturated rings. The van der Waals surface area contributed by atoms with Gasteiger partial charge in [-0.2, -0.15) is 0 Å². The summed E-state index contributed by atoms with van der Waals surface area (Å²) in [5.74, 6) is 0.787. The Kier molecular flexibility index (Phi) is 3.48. The maximum atomic E-state index is 6.13. The zero-order chi connectivity index (χ0) is 14.3. The number of ether oxygens (including phenoxy) is 1. The van der Waals surface area contributed by atoms with Crippen LogP contribution in [-0.4, -0.2) is 31.3 Å². The summed E-state index contributed by atoms with van der Waals surface area (Å²) < 4.78 is 7.43. The normalized spacial score (nSPS) is 29.3. The van der Waals surface area contributed by atoms with Gasteiger partial charge in [0.15, 0.2) is 0 Å². The molecule has 2 heterocycles. The summed E-state index contributed by atoms with van der Waals surface area (Å²) in [5, 5.41) is 4.68. The molecule has 2 aliphatic rings. The minimum absolute atomic E-state index is 0.240. The van der Waals surface area contributed by atoms with Crippen molar-refractivity contribution in [2.75, 3.05) is 20.2 Å². The largest absolute Gasteiger partial charge is 0.377 e. The van der Waals surface area contributed by atoms with Gasteiger partial charge in [0, 0.05) is 25.0 Å². The van der Waals surface area contributed by atoms with E-state index < -0.39 is 0 Å². The Morgan fingerprint density at radius 2 is 2.24 bits per heavy atom. The minimum atomic E-state index is 0.240. The molecule has 4 rings (SSSR count). The van der Waals surface area contributed by atoms with Gasteiger partial charge in [-0.15, -0.1) is 11.3 Å². The Bertz CT molecular complexity index is 604. The maximum Gasteiger partial charge on any atom is 0.0945 e. The highest BCUT2D eigenvalue weighted by atomic mass is 32.1. The van der Waals surface area contributed by atoms with Gasteiger partial charge in [0.2, 0.25) is 0 Å². The average molecular weight is 302 g/mol. The number of hydrogen-bond donors (Lipinski definition) is 1. The molecule has 4 heteroatoms. The lowest BCUT2D eigenvalue weighted by Gasteiger charge is -2.33. The summed E-state index contributed by atoms with van der Waals surface area (Å²) in [6, 6.07) is 8.45. The molecule has 1 N–H and O–H groups in total. The van der Waals surface area contributed by atoms with Crippen LogP contribution in [0.2, 0.25) is 0 Å². The standard InChI is InChI=1S/C17H22N2OS/c1-18-11-17(8-9-20-16(17)12-6-7-12)10-15-19-13-4-2-3-5-14(13)21-15/h2-5,12,16,18H,6-11H2,1H3. The van der Waals surface area contributed by atoms with E-state index in [-0.39, 0.29) is 5.41 Å². The van der Waals surface area contributed by atoms with E-state index in [9.17, 15) is 0 Å². The Morgan fingerprint density at radius 3 is 3.00 bits per heavy atom. The van der Waals surface area contributed by atoms with Crippen LogP contribution in [0, 0.1) is 11.3 Å². The number of fused-ring (bicyclic) bond motifs is 1. The fraction of sp³-hybridized carbons (Fsp3) is 0.588. The van der Waals surface area contributed by atoms with E-state index in [0.717, 1.165) is 37.4 Å². The van der Waals surface area contributed by atoms with Crippen molar-refractivity contribution in [3.63, 3.8) is 0 Å². The smallest absolute Gasteiger partial charge is 0.0945 e. The first kappa shape index (κ1) is 13.7. The van der Waals surface area contributed by atoms with Crippen LogP contribution in [-0.2, 0) is 11.2 Å². The summed E-state index contributed by atoms with van der Waals surface area (Å²) in [6.45, 7) is 1.94. The first-order valence-corrected chi connectivity index (χ1v) is 8.73. The van der Waals surface area contributed by atoms with Crippen molar-refractivity contribution in [2.24, 2.45) is 11.3 Å². The quantitative estimate of drug-likeness (QED) is 0.920. The third-order valence-electron chi connectivity index (χ3n) is 4.92. The van der Waals surface area contributed by atoms with Crippen molar-refractivity contribution >= 4 is 21.6 Å². The second-order valence-electron chi connectivity index (χ2n) is 6.52. The summed E-state index contributed by atoms with van der Waals surface area (Å²) in [6.07, 6.45) is 5.32. The lowest BCUT2D eigenvalue weighted by molar-refractivity contribution is 0.0314. The summed E-state index contributed by atoms with van der Waals surface area (Å²) >= 11 is 1.85. The Balaban J connectivity index is 1.64. The Hall–Kier alpha value is -0.970. The molecule has 0 bridgehead atoms. The fourth-order valence-electron chi connectivity index (χ4n) is 3.83. The zero-order valence-corrected chi connectivity index (χ0v) is 13.3. The van der Waals surface area contributed by atoms with Gasteiger partial charge in [0.05, 0.1) is 21.3 Å². The van der Waals surface area contributed by atoms with Gasteiger partial charge >= 0.3 is 0 Å². The molecule has 1 aromatic carbocycles. The number of para-hydroxylation sites is 1. The second-order valence-corrected chi connectivity index (χ2v) is 7.64.